The molecule has 3 aromatic carbocycles. The lowest BCUT2D eigenvalue weighted by Crippen LogP contribution is -2.48. The van der Waals surface area contributed by atoms with Crippen LogP contribution in [0.3, 0.4) is 0 Å². The molecule has 0 spiro atoms. The third-order valence-electron chi connectivity index (χ3n) is 7.38. The smallest absolute Gasteiger partial charge is 0.335 e. The summed E-state index contributed by atoms with van der Waals surface area (Å²) in [5, 5.41) is 12.5. The van der Waals surface area contributed by atoms with Crippen molar-refractivity contribution in [3.8, 4) is 17.2 Å². The summed E-state index contributed by atoms with van der Waals surface area (Å²) in [4.78, 5) is 20.8. The molecule has 0 amide bonds. The maximum atomic E-state index is 12.8. The van der Waals surface area contributed by atoms with Gasteiger partial charge in [0, 0.05) is 12.6 Å². The fraction of sp³-hybridized carbons (Fsp3) is 0.419. The first-order valence-electron chi connectivity index (χ1n) is 13.9. The van der Waals surface area contributed by atoms with Crippen LogP contribution in [-0.4, -0.2) is 52.0 Å². The van der Waals surface area contributed by atoms with Gasteiger partial charge in [0.25, 0.3) is 0 Å². The molecule has 8 nitrogen and oxygen atoms in total. The minimum Gasteiger partial charge on any atom is -0.491 e. The van der Waals surface area contributed by atoms with Crippen molar-refractivity contribution in [3.05, 3.63) is 90.5 Å². The molecule has 4 N–H and O–H groups in total. The molecule has 1 saturated carbocycles. The highest BCUT2D eigenvalue weighted by Gasteiger charge is 2.54. The van der Waals surface area contributed by atoms with Gasteiger partial charge in [-0.25, -0.2) is 0 Å². The molecule has 0 aromatic heterocycles. The first kappa shape index (κ1) is 30.1. The average Bonchev–Trinajstić information content (AvgIpc) is 2.97. The molecule has 4 rings (SSSR count). The Hall–Kier alpha value is -2.87. The third-order valence-corrected chi connectivity index (χ3v) is 9.28. The van der Waals surface area contributed by atoms with E-state index in [0.717, 1.165) is 24.8 Å². The summed E-state index contributed by atoms with van der Waals surface area (Å²) in [6.07, 6.45) is 2.33. The summed E-state index contributed by atoms with van der Waals surface area (Å²) in [6, 6.07) is 26.4. The fourth-order valence-corrected chi connectivity index (χ4v) is 6.67. The summed E-state index contributed by atoms with van der Waals surface area (Å²) in [6.45, 7) is 1.24. The van der Waals surface area contributed by atoms with Gasteiger partial charge in [-0.15, -0.1) is 0 Å². The van der Waals surface area contributed by atoms with Gasteiger partial charge < -0.3 is 34.4 Å². The van der Waals surface area contributed by atoms with E-state index >= 15 is 0 Å². The summed E-state index contributed by atoms with van der Waals surface area (Å²) < 4.78 is 30.6. The van der Waals surface area contributed by atoms with Gasteiger partial charge in [-0.2, -0.15) is 0 Å². The number of benzene rings is 3. The van der Waals surface area contributed by atoms with Crippen LogP contribution in [0.2, 0.25) is 0 Å². The third kappa shape index (κ3) is 8.56. The number of hydrogen-bond donors (Lipinski definition) is 4. The van der Waals surface area contributed by atoms with E-state index in [1.165, 1.54) is 0 Å². The fourth-order valence-electron chi connectivity index (χ4n) is 5.21. The molecular weight excluding hydrogens is 529 g/mol. The van der Waals surface area contributed by atoms with Gasteiger partial charge in [-0.05, 0) is 55.6 Å². The van der Waals surface area contributed by atoms with Crippen LogP contribution in [0.5, 0.6) is 17.2 Å². The van der Waals surface area contributed by atoms with Crippen molar-refractivity contribution in [1.29, 1.82) is 0 Å². The number of aliphatic hydroxyl groups is 1. The Morgan fingerprint density at radius 1 is 0.825 bits per heavy atom. The van der Waals surface area contributed by atoms with Crippen LogP contribution in [0, 0.1) is 0 Å². The van der Waals surface area contributed by atoms with E-state index in [1.807, 2.05) is 66.7 Å². The molecule has 0 aliphatic heterocycles. The predicted octanol–water partition coefficient (Wildman–Crippen LogP) is 5.31. The van der Waals surface area contributed by atoms with Crippen molar-refractivity contribution in [2.75, 3.05) is 19.7 Å². The van der Waals surface area contributed by atoms with Gasteiger partial charge in [0.05, 0.1) is 0 Å². The van der Waals surface area contributed by atoms with E-state index in [0.29, 0.717) is 49.7 Å². The Morgan fingerprint density at radius 3 is 2.12 bits per heavy atom. The Balaban J connectivity index is 1.26. The number of aliphatic hydroxyl groups excluding tert-OH is 1. The molecule has 0 saturated heterocycles. The number of ether oxygens (including phenoxy) is 3. The van der Waals surface area contributed by atoms with Crippen molar-refractivity contribution < 1.29 is 33.7 Å². The summed E-state index contributed by atoms with van der Waals surface area (Å²) >= 11 is 0. The Bertz CT molecular complexity index is 1200. The average molecular weight is 570 g/mol. The minimum absolute atomic E-state index is 0.0888. The van der Waals surface area contributed by atoms with Gasteiger partial charge in [0.15, 0.2) is 0 Å². The van der Waals surface area contributed by atoms with Crippen LogP contribution < -0.4 is 19.5 Å². The maximum Gasteiger partial charge on any atom is 0.335 e. The molecule has 0 radical (unpaired) electrons. The van der Waals surface area contributed by atoms with Gasteiger partial charge in [0.1, 0.15) is 47.8 Å². The standard InChI is InChI=1S/C31H40NO7P/c33-26(24-38-29-16-10-15-28(21-29)37-23-25-11-4-1-5-12-25)22-32-20-17-30(39-27-13-6-2-7-14-27)31(40(34,35)36)18-8-3-9-19-31/h1-2,4-7,10-16,21,26,30,32-33H,3,8-9,17-20,22-24H2,(H2,34,35,36). The van der Waals surface area contributed by atoms with Crippen molar-refractivity contribution in [3.63, 3.8) is 0 Å². The van der Waals surface area contributed by atoms with Crippen LogP contribution >= 0.6 is 7.60 Å². The minimum atomic E-state index is -4.44. The maximum absolute atomic E-state index is 12.8. The zero-order chi connectivity index (χ0) is 28.3. The van der Waals surface area contributed by atoms with Gasteiger partial charge >= 0.3 is 7.60 Å². The van der Waals surface area contributed by atoms with Crippen LogP contribution in [0.25, 0.3) is 0 Å². The molecular formula is C31H40NO7P. The second kappa shape index (κ2) is 14.7. The normalized spacial score (nSPS) is 16.6. The highest BCUT2D eigenvalue weighted by Crippen LogP contribution is 2.60. The van der Waals surface area contributed by atoms with Crippen LogP contribution in [0.1, 0.15) is 44.1 Å². The summed E-state index contributed by atoms with van der Waals surface area (Å²) in [7, 11) is -4.44. The Morgan fingerprint density at radius 2 is 1.45 bits per heavy atom. The van der Waals surface area contributed by atoms with Gasteiger partial charge in [-0.3, -0.25) is 4.57 Å². The monoisotopic (exact) mass is 569 g/mol. The van der Waals surface area contributed by atoms with Crippen LogP contribution in [0.4, 0.5) is 0 Å². The summed E-state index contributed by atoms with van der Waals surface area (Å²) in [5.74, 6) is 1.87. The highest BCUT2D eigenvalue weighted by atomic mass is 31.2. The molecule has 2 unspecified atom stereocenters. The Kier molecular flexibility index (Phi) is 11.0. The number of hydrogen-bond acceptors (Lipinski definition) is 6. The summed E-state index contributed by atoms with van der Waals surface area (Å²) in [5.41, 5.74) is 1.07. The molecule has 216 valence electrons. The van der Waals surface area contributed by atoms with E-state index < -0.39 is 25.0 Å². The molecule has 1 aliphatic rings. The quantitative estimate of drug-likeness (QED) is 0.144. The molecule has 9 heteroatoms. The van der Waals surface area contributed by atoms with Crippen molar-refractivity contribution >= 4 is 7.60 Å². The van der Waals surface area contributed by atoms with E-state index in [9.17, 15) is 19.5 Å². The highest BCUT2D eigenvalue weighted by molar-refractivity contribution is 7.53. The molecule has 40 heavy (non-hydrogen) atoms. The van der Waals surface area contributed by atoms with Crippen molar-refractivity contribution in [2.45, 2.75) is 62.5 Å². The lowest BCUT2D eigenvalue weighted by molar-refractivity contribution is 0.0903. The lowest BCUT2D eigenvalue weighted by Gasteiger charge is -2.43. The number of rotatable bonds is 15. The molecule has 2 atom stereocenters. The number of nitrogens with one attached hydrogen (secondary N) is 1. The van der Waals surface area contributed by atoms with E-state index in [1.54, 1.807) is 18.2 Å². The topological polar surface area (TPSA) is 117 Å². The van der Waals surface area contributed by atoms with Crippen molar-refractivity contribution in [1.82, 2.24) is 5.32 Å². The SMILES string of the molecule is O=P(O)(O)C1(C(CCNCC(O)COc2cccc(OCc3ccccc3)c2)Oc2ccccc2)CCCCC1. The molecule has 1 aliphatic carbocycles. The first-order valence-corrected chi connectivity index (χ1v) is 15.5. The number of para-hydroxylation sites is 1. The predicted molar refractivity (Wildman–Crippen MR) is 155 cm³/mol. The van der Waals surface area contributed by atoms with Gasteiger partial charge in [0.2, 0.25) is 0 Å². The van der Waals surface area contributed by atoms with E-state index in [-0.39, 0.29) is 13.2 Å². The van der Waals surface area contributed by atoms with Crippen LogP contribution in [-0.2, 0) is 11.2 Å². The first-order chi connectivity index (χ1) is 19.4. The zero-order valence-electron chi connectivity index (χ0n) is 22.7. The van der Waals surface area contributed by atoms with E-state index in [4.69, 9.17) is 14.2 Å². The van der Waals surface area contributed by atoms with Crippen molar-refractivity contribution in [2.24, 2.45) is 0 Å². The molecule has 0 heterocycles. The van der Waals surface area contributed by atoms with E-state index in [2.05, 4.69) is 5.32 Å². The largest absolute Gasteiger partial charge is 0.491 e. The molecule has 3 aromatic rings. The molecule has 0 bridgehead atoms. The van der Waals surface area contributed by atoms with Crippen LogP contribution in [0.15, 0.2) is 84.9 Å². The lowest BCUT2D eigenvalue weighted by atomic mass is 9.82. The second-order valence-corrected chi connectivity index (χ2v) is 12.3. The molecule has 1 fully saturated rings. The van der Waals surface area contributed by atoms with Gasteiger partial charge in [-0.1, -0.05) is 73.9 Å². The second-order valence-electron chi connectivity index (χ2n) is 10.3. The zero-order valence-corrected chi connectivity index (χ0v) is 23.6. The Labute approximate surface area is 236 Å².